The number of sulfonamides is 1. The number of halogens is 3. The Labute approximate surface area is 162 Å². The molecular weight excluding hydrogens is 393 g/mol. The minimum absolute atomic E-state index is 0.190. The van der Waals surface area contributed by atoms with E-state index in [1.54, 1.807) is 0 Å². The Morgan fingerprint density at radius 3 is 2.29 bits per heavy atom. The molecule has 0 amide bonds. The van der Waals surface area contributed by atoms with E-state index in [1.807, 2.05) is 30.3 Å². The van der Waals surface area contributed by atoms with Crippen LogP contribution in [0.2, 0.25) is 0 Å². The summed E-state index contributed by atoms with van der Waals surface area (Å²) in [5.41, 5.74) is -0.183. The van der Waals surface area contributed by atoms with Gasteiger partial charge in [0.15, 0.2) is 0 Å². The van der Waals surface area contributed by atoms with E-state index < -0.39 is 27.9 Å². The number of quaternary nitrogens is 1. The second kappa shape index (κ2) is 8.20. The van der Waals surface area contributed by atoms with Crippen molar-refractivity contribution >= 4 is 10.0 Å². The molecule has 1 atom stereocenters. The molecule has 2 aromatic carbocycles. The number of aliphatic hydroxyl groups excluding tert-OH is 1. The van der Waals surface area contributed by atoms with Gasteiger partial charge >= 0.3 is 6.18 Å². The van der Waals surface area contributed by atoms with Crippen LogP contribution in [0.5, 0.6) is 0 Å². The first-order valence-corrected chi connectivity index (χ1v) is 10.4. The molecule has 0 radical (unpaired) electrons. The molecule has 2 N–H and O–H groups in total. The van der Waals surface area contributed by atoms with Gasteiger partial charge < -0.3 is 10.0 Å². The van der Waals surface area contributed by atoms with Crippen LogP contribution in [-0.2, 0) is 16.2 Å². The Kier molecular flexibility index (Phi) is 6.09. The molecule has 1 aliphatic heterocycles. The topological polar surface area (TPSA) is 62.0 Å². The highest BCUT2D eigenvalue weighted by Crippen LogP contribution is 2.31. The van der Waals surface area contributed by atoms with Crippen LogP contribution in [0.15, 0.2) is 59.5 Å². The molecule has 1 saturated heterocycles. The summed E-state index contributed by atoms with van der Waals surface area (Å²) < 4.78 is 65.3. The van der Waals surface area contributed by atoms with E-state index in [1.165, 1.54) is 10.4 Å². The molecule has 152 valence electrons. The van der Waals surface area contributed by atoms with E-state index in [4.69, 9.17) is 0 Å². The summed E-state index contributed by atoms with van der Waals surface area (Å²) in [5, 5.41) is 10.3. The lowest BCUT2D eigenvalue weighted by molar-refractivity contribution is -0.907. The Hall–Kier alpha value is -1.94. The van der Waals surface area contributed by atoms with Crippen molar-refractivity contribution in [2.45, 2.75) is 17.2 Å². The van der Waals surface area contributed by atoms with Crippen LogP contribution in [0.25, 0.3) is 0 Å². The summed E-state index contributed by atoms with van der Waals surface area (Å²) in [6.07, 6.45) is -5.25. The molecule has 0 bridgehead atoms. The number of hydrogen-bond donors (Lipinski definition) is 2. The molecule has 28 heavy (non-hydrogen) atoms. The number of nitrogens with zero attached hydrogens (tertiary/aromatic N) is 1. The summed E-state index contributed by atoms with van der Waals surface area (Å²) >= 11 is 0. The maximum absolute atomic E-state index is 12.9. The molecule has 0 aromatic heterocycles. The summed E-state index contributed by atoms with van der Waals surface area (Å²) in [7, 11) is -3.99. The van der Waals surface area contributed by atoms with Crippen LogP contribution in [0.1, 0.15) is 17.2 Å². The highest BCUT2D eigenvalue weighted by atomic mass is 32.2. The number of piperazine rings is 1. The van der Waals surface area contributed by atoms with Gasteiger partial charge in [-0.3, -0.25) is 0 Å². The minimum Gasteiger partial charge on any atom is -0.382 e. The first-order chi connectivity index (χ1) is 13.2. The summed E-state index contributed by atoms with van der Waals surface area (Å²) in [4.78, 5) is 0.696. The Balaban J connectivity index is 1.64. The average molecular weight is 415 g/mol. The maximum Gasteiger partial charge on any atom is 0.416 e. The molecule has 3 rings (SSSR count). The van der Waals surface area contributed by atoms with E-state index in [2.05, 4.69) is 0 Å². The van der Waals surface area contributed by atoms with Crippen LogP contribution in [0.4, 0.5) is 13.2 Å². The molecule has 0 aliphatic carbocycles. The minimum atomic E-state index is -4.60. The largest absolute Gasteiger partial charge is 0.416 e. The zero-order valence-corrected chi connectivity index (χ0v) is 15.9. The quantitative estimate of drug-likeness (QED) is 0.775. The van der Waals surface area contributed by atoms with Gasteiger partial charge in [0.25, 0.3) is 0 Å². The lowest BCUT2D eigenvalue weighted by Crippen LogP contribution is -3.15. The van der Waals surface area contributed by atoms with Crippen molar-refractivity contribution in [2.24, 2.45) is 0 Å². The summed E-state index contributed by atoms with van der Waals surface area (Å²) in [6, 6.07) is 13.0. The normalized spacial score (nSPS) is 18.1. The molecule has 2 aromatic rings. The predicted molar refractivity (Wildman–Crippen MR) is 97.2 cm³/mol. The van der Waals surface area contributed by atoms with Crippen molar-refractivity contribution in [1.29, 1.82) is 0 Å². The highest BCUT2D eigenvalue weighted by molar-refractivity contribution is 7.89. The Morgan fingerprint density at radius 2 is 1.68 bits per heavy atom. The second-order valence-electron chi connectivity index (χ2n) is 6.81. The van der Waals surface area contributed by atoms with Gasteiger partial charge in [0.1, 0.15) is 12.6 Å². The fraction of sp³-hybridized carbons (Fsp3) is 0.368. The summed E-state index contributed by atoms with van der Waals surface area (Å²) in [6.45, 7) is 1.77. The molecule has 9 heteroatoms. The third kappa shape index (κ3) is 4.72. The third-order valence-corrected chi connectivity index (χ3v) is 6.79. The first kappa shape index (κ1) is 20.8. The van der Waals surface area contributed by atoms with Crippen molar-refractivity contribution in [3.05, 3.63) is 65.7 Å². The van der Waals surface area contributed by atoms with Crippen LogP contribution in [-0.4, -0.2) is 50.6 Å². The number of benzene rings is 2. The van der Waals surface area contributed by atoms with E-state index >= 15 is 0 Å². The molecule has 0 spiro atoms. The van der Waals surface area contributed by atoms with Crippen LogP contribution in [0.3, 0.4) is 0 Å². The monoisotopic (exact) mass is 415 g/mol. The lowest BCUT2D eigenvalue weighted by atomic mass is 10.1. The van der Waals surface area contributed by atoms with Crippen LogP contribution in [0, 0.1) is 0 Å². The third-order valence-electron chi connectivity index (χ3n) is 4.90. The maximum atomic E-state index is 12.9. The van der Waals surface area contributed by atoms with Crippen molar-refractivity contribution in [3.63, 3.8) is 0 Å². The van der Waals surface area contributed by atoms with Crippen LogP contribution >= 0.6 is 0 Å². The van der Waals surface area contributed by atoms with Crippen molar-refractivity contribution in [3.8, 4) is 0 Å². The molecule has 1 aliphatic rings. The predicted octanol–water partition coefficient (Wildman–Crippen LogP) is 1.33. The van der Waals surface area contributed by atoms with Crippen molar-refractivity contribution < 1.29 is 31.6 Å². The lowest BCUT2D eigenvalue weighted by Gasteiger charge is -2.32. The van der Waals surface area contributed by atoms with Gasteiger partial charge in [0.2, 0.25) is 10.0 Å². The zero-order valence-electron chi connectivity index (χ0n) is 15.1. The van der Waals surface area contributed by atoms with Gasteiger partial charge in [-0.15, -0.1) is 0 Å². The molecule has 5 nitrogen and oxygen atoms in total. The Bertz CT molecular complexity index is 896. The van der Waals surface area contributed by atoms with E-state index in [-0.39, 0.29) is 18.0 Å². The smallest absolute Gasteiger partial charge is 0.382 e. The fourth-order valence-corrected chi connectivity index (χ4v) is 4.78. The SMILES string of the molecule is O=S(=O)(c1cccc(C(F)(F)F)c1)N1CC[NH+](C[C@H](O)c2ccccc2)CC1. The van der Waals surface area contributed by atoms with Gasteiger partial charge in [-0.2, -0.15) is 17.5 Å². The molecule has 0 saturated carbocycles. The van der Waals surface area contributed by atoms with E-state index in [9.17, 15) is 26.7 Å². The van der Waals surface area contributed by atoms with E-state index in [0.29, 0.717) is 25.7 Å². The van der Waals surface area contributed by atoms with Crippen molar-refractivity contribution in [1.82, 2.24) is 4.31 Å². The number of aliphatic hydroxyl groups is 1. The number of nitrogens with one attached hydrogen (secondary N) is 1. The van der Waals surface area contributed by atoms with E-state index in [0.717, 1.165) is 22.6 Å². The molecule has 1 fully saturated rings. The molecule has 1 heterocycles. The Morgan fingerprint density at radius 1 is 1.04 bits per heavy atom. The van der Waals surface area contributed by atoms with Gasteiger partial charge in [-0.05, 0) is 23.8 Å². The average Bonchev–Trinajstić information content (AvgIpc) is 2.68. The number of rotatable bonds is 5. The fourth-order valence-electron chi connectivity index (χ4n) is 3.30. The van der Waals surface area contributed by atoms with Crippen LogP contribution < -0.4 is 4.90 Å². The molecule has 0 unspecified atom stereocenters. The number of hydrogen-bond acceptors (Lipinski definition) is 3. The number of alkyl halides is 3. The van der Waals surface area contributed by atoms with Gasteiger partial charge in [0.05, 0.1) is 36.6 Å². The highest BCUT2D eigenvalue weighted by Gasteiger charge is 2.35. The standard InChI is InChI=1S/C19H21F3N2O3S/c20-19(21,22)16-7-4-8-17(13-16)28(26,27)24-11-9-23(10-12-24)14-18(25)15-5-2-1-3-6-15/h1-8,13,18,25H,9-12,14H2/p+1/t18-/m0/s1. The van der Waals surface area contributed by atoms with Gasteiger partial charge in [-0.1, -0.05) is 36.4 Å². The summed E-state index contributed by atoms with van der Waals surface area (Å²) in [5.74, 6) is 0. The zero-order chi connectivity index (χ0) is 20.4. The van der Waals surface area contributed by atoms with Gasteiger partial charge in [0, 0.05) is 0 Å². The second-order valence-corrected chi connectivity index (χ2v) is 8.75. The first-order valence-electron chi connectivity index (χ1n) is 8.92. The molecular formula is C19H22F3N2O3S+. The van der Waals surface area contributed by atoms with Crippen molar-refractivity contribution in [2.75, 3.05) is 32.7 Å². The van der Waals surface area contributed by atoms with Gasteiger partial charge in [-0.25, -0.2) is 8.42 Å².